The standard InChI is InChI=1S/C18H22N2O4S2/c1-14(12-16-5-3-11-25-16)19-18(21)15-4-2-6-17(13-15)26(22,23)20-7-9-24-10-8-20/h2-6,11,13-14H,7-10,12H2,1H3,(H,19,21). The molecule has 1 amide bonds. The molecule has 2 aromatic rings. The van der Waals surface area contributed by atoms with Gasteiger partial charge in [0.1, 0.15) is 0 Å². The Hall–Kier alpha value is -1.74. The van der Waals surface area contributed by atoms with Crippen LogP contribution in [-0.2, 0) is 21.2 Å². The largest absolute Gasteiger partial charge is 0.379 e. The predicted molar refractivity (Wildman–Crippen MR) is 101 cm³/mol. The third kappa shape index (κ3) is 4.50. The van der Waals surface area contributed by atoms with Crippen molar-refractivity contribution in [1.29, 1.82) is 0 Å². The molecule has 0 bridgehead atoms. The summed E-state index contributed by atoms with van der Waals surface area (Å²) in [5.74, 6) is -0.270. The number of nitrogens with zero attached hydrogens (tertiary/aromatic N) is 1. The van der Waals surface area contributed by atoms with Crippen molar-refractivity contribution in [3.05, 3.63) is 52.2 Å². The van der Waals surface area contributed by atoms with Crippen LogP contribution in [0.3, 0.4) is 0 Å². The number of thiophene rings is 1. The lowest BCUT2D eigenvalue weighted by atomic mass is 10.1. The van der Waals surface area contributed by atoms with Gasteiger partial charge in [0.15, 0.2) is 0 Å². The molecule has 1 saturated heterocycles. The second-order valence-electron chi connectivity index (χ2n) is 6.20. The summed E-state index contributed by atoms with van der Waals surface area (Å²) in [6, 6.07) is 10.2. The smallest absolute Gasteiger partial charge is 0.251 e. The zero-order chi connectivity index (χ0) is 18.6. The van der Waals surface area contributed by atoms with Crippen LogP contribution >= 0.6 is 11.3 Å². The summed E-state index contributed by atoms with van der Waals surface area (Å²) in [6.07, 6.45) is 0.745. The van der Waals surface area contributed by atoms with E-state index in [1.54, 1.807) is 23.5 Å². The third-order valence-electron chi connectivity index (χ3n) is 4.17. The average Bonchev–Trinajstić information content (AvgIpc) is 3.15. The summed E-state index contributed by atoms with van der Waals surface area (Å²) < 4.78 is 32.1. The molecule has 1 aliphatic rings. The molecule has 0 aliphatic carbocycles. The number of ether oxygens (including phenoxy) is 1. The van der Waals surface area contributed by atoms with Gasteiger partial charge in [-0.3, -0.25) is 4.79 Å². The first kappa shape index (κ1) is 19.0. The fourth-order valence-corrected chi connectivity index (χ4v) is 5.11. The van der Waals surface area contributed by atoms with Crippen molar-refractivity contribution in [2.24, 2.45) is 0 Å². The number of amides is 1. The fraction of sp³-hybridized carbons (Fsp3) is 0.389. The zero-order valence-electron chi connectivity index (χ0n) is 14.6. The highest BCUT2D eigenvalue weighted by atomic mass is 32.2. The summed E-state index contributed by atoms with van der Waals surface area (Å²) in [5, 5.41) is 4.94. The van der Waals surface area contributed by atoms with Crippen LogP contribution in [0, 0.1) is 0 Å². The van der Waals surface area contributed by atoms with E-state index < -0.39 is 10.0 Å². The third-order valence-corrected chi connectivity index (χ3v) is 6.96. The molecule has 8 heteroatoms. The minimum atomic E-state index is -3.61. The Kier molecular flexibility index (Phi) is 6.08. The van der Waals surface area contributed by atoms with Crippen LogP contribution in [0.15, 0.2) is 46.7 Å². The molecule has 1 unspecified atom stereocenters. The maximum Gasteiger partial charge on any atom is 0.251 e. The van der Waals surface area contributed by atoms with E-state index in [1.807, 2.05) is 24.4 Å². The number of nitrogens with one attached hydrogen (secondary N) is 1. The number of morpholine rings is 1. The van der Waals surface area contributed by atoms with Crippen LogP contribution in [0.1, 0.15) is 22.2 Å². The molecule has 1 aliphatic heterocycles. The van der Waals surface area contributed by atoms with E-state index in [0.29, 0.717) is 31.9 Å². The first-order chi connectivity index (χ1) is 12.5. The van der Waals surface area contributed by atoms with Gasteiger partial charge in [-0.2, -0.15) is 4.31 Å². The number of carbonyl (C=O) groups is 1. The Bertz CT molecular complexity index is 844. The second kappa shape index (κ2) is 8.30. The number of rotatable bonds is 6. The first-order valence-corrected chi connectivity index (χ1v) is 10.8. The average molecular weight is 395 g/mol. The summed E-state index contributed by atoms with van der Waals surface area (Å²) in [7, 11) is -3.61. The van der Waals surface area contributed by atoms with Crippen molar-refractivity contribution < 1.29 is 17.9 Å². The second-order valence-corrected chi connectivity index (χ2v) is 9.17. The molecule has 0 saturated carbocycles. The number of hydrogen-bond donors (Lipinski definition) is 1. The Morgan fingerprint density at radius 3 is 2.73 bits per heavy atom. The number of sulfonamides is 1. The molecule has 3 rings (SSSR count). The van der Waals surface area contributed by atoms with Gasteiger partial charge in [0.2, 0.25) is 10.0 Å². The van der Waals surface area contributed by atoms with E-state index in [2.05, 4.69) is 5.32 Å². The van der Waals surface area contributed by atoms with Crippen LogP contribution in [0.5, 0.6) is 0 Å². The van der Waals surface area contributed by atoms with Crippen LogP contribution in [0.2, 0.25) is 0 Å². The molecule has 6 nitrogen and oxygen atoms in total. The van der Waals surface area contributed by atoms with E-state index in [1.165, 1.54) is 21.3 Å². The van der Waals surface area contributed by atoms with E-state index >= 15 is 0 Å². The van der Waals surface area contributed by atoms with Crippen molar-refractivity contribution in [3.8, 4) is 0 Å². The van der Waals surface area contributed by atoms with E-state index in [9.17, 15) is 13.2 Å². The molecular weight excluding hydrogens is 372 g/mol. The van der Waals surface area contributed by atoms with Crippen molar-refractivity contribution >= 4 is 27.3 Å². The van der Waals surface area contributed by atoms with Gasteiger partial charge >= 0.3 is 0 Å². The minimum absolute atomic E-state index is 0.0411. The number of hydrogen-bond acceptors (Lipinski definition) is 5. The van der Waals surface area contributed by atoms with Crippen molar-refractivity contribution in [3.63, 3.8) is 0 Å². The van der Waals surface area contributed by atoms with Gasteiger partial charge < -0.3 is 10.1 Å². The Balaban J connectivity index is 1.70. The Morgan fingerprint density at radius 2 is 2.04 bits per heavy atom. The molecule has 1 N–H and O–H groups in total. The molecule has 26 heavy (non-hydrogen) atoms. The van der Waals surface area contributed by atoms with Gasteiger partial charge in [0.25, 0.3) is 5.91 Å². The number of benzene rings is 1. The zero-order valence-corrected chi connectivity index (χ0v) is 16.2. The molecule has 1 fully saturated rings. The molecule has 1 aromatic carbocycles. The van der Waals surface area contributed by atoms with Gasteiger partial charge in [0.05, 0.1) is 18.1 Å². The normalized spacial score (nSPS) is 17.0. The highest BCUT2D eigenvalue weighted by Crippen LogP contribution is 2.18. The van der Waals surface area contributed by atoms with Crippen molar-refractivity contribution in [2.75, 3.05) is 26.3 Å². The molecular formula is C18H22N2O4S2. The monoisotopic (exact) mass is 394 g/mol. The van der Waals surface area contributed by atoms with E-state index in [-0.39, 0.29) is 16.8 Å². The maximum absolute atomic E-state index is 12.7. The van der Waals surface area contributed by atoms with Crippen LogP contribution in [0.25, 0.3) is 0 Å². The van der Waals surface area contributed by atoms with E-state index in [0.717, 1.165) is 6.42 Å². The van der Waals surface area contributed by atoms with Crippen molar-refractivity contribution in [2.45, 2.75) is 24.3 Å². The SMILES string of the molecule is CC(Cc1cccs1)NC(=O)c1cccc(S(=O)(=O)N2CCOCC2)c1. The summed E-state index contributed by atoms with van der Waals surface area (Å²) in [5.41, 5.74) is 0.345. The lowest BCUT2D eigenvalue weighted by Gasteiger charge is -2.26. The lowest BCUT2D eigenvalue weighted by Crippen LogP contribution is -2.40. The molecule has 1 aromatic heterocycles. The molecule has 140 valence electrons. The predicted octanol–water partition coefficient (Wildman–Crippen LogP) is 2.13. The van der Waals surface area contributed by atoms with E-state index in [4.69, 9.17) is 4.74 Å². The highest BCUT2D eigenvalue weighted by Gasteiger charge is 2.27. The summed E-state index contributed by atoms with van der Waals surface area (Å²) >= 11 is 1.65. The quantitative estimate of drug-likeness (QED) is 0.814. The first-order valence-electron chi connectivity index (χ1n) is 8.48. The minimum Gasteiger partial charge on any atom is -0.379 e. The van der Waals surface area contributed by atoms with Crippen LogP contribution < -0.4 is 5.32 Å². The van der Waals surface area contributed by atoms with Gasteiger partial charge in [-0.05, 0) is 36.6 Å². The molecule has 0 spiro atoms. The van der Waals surface area contributed by atoms with Gasteiger partial charge in [-0.1, -0.05) is 12.1 Å². The maximum atomic E-state index is 12.7. The summed E-state index contributed by atoms with van der Waals surface area (Å²) in [6.45, 7) is 3.37. The molecule has 2 heterocycles. The molecule has 0 radical (unpaired) electrons. The number of carbonyl (C=O) groups excluding carboxylic acids is 1. The van der Waals surface area contributed by atoms with Gasteiger partial charge in [-0.15, -0.1) is 11.3 Å². The summed E-state index contributed by atoms with van der Waals surface area (Å²) in [4.78, 5) is 13.8. The fourth-order valence-electron chi connectivity index (χ4n) is 2.82. The topological polar surface area (TPSA) is 75.7 Å². The molecule has 1 atom stereocenters. The Morgan fingerprint density at radius 1 is 1.27 bits per heavy atom. The van der Waals surface area contributed by atoms with Gasteiger partial charge in [-0.25, -0.2) is 8.42 Å². The van der Waals surface area contributed by atoms with Crippen LogP contribution in [0.4, 0.5) is 0 Å². The van der Waals surface area contributed by atoms with Gasteiger partial charge in [0, 0.05) is 36.0 Å². The lowest BCUT2D eigenvalue weighted by molar-refractivity contribution is 0.0730. The van der Waals surface area contributed by atoms with Crippen LogP contribution in [-0.4, -0.2) is 51.0 Å². The Labute approximate surface area is 157 Å². The van der Waals surface area contributed by atoms with Crippen molar-refractivity contribution in [1.82, 2.24) is 9.62 Å². The highest BCUT2D eigenvalue weighted by molar-refractivity contribution is 7.89.